The van der Waals surface area contributed by atoms with Crippen molar-refractivity contribution in [1.29, 1.82) is 10.8 Å². The van der Waals surface area contributed by atoms with Crippen LogP contribution in [0.15, 0.2) is 70.9 Å². The average molecular weight is 421 g/mol. The lowest BCUT2D eigenvalue weighted by atomic mass is 10.0. The lowest BCUT2D eigenvalue weighted by Crippen LogP contribution is -2.10. The Balaban J connectivity index is 2.37. The van der Waals surface area contributed by atoms with Gasteiger partial charge in [-0.15, -0.1) is 0 Å². The second-order valence-electron chi connectivity index (χ2n) is 8.65. The second kappa shape index (κ2) is 14.3. The van der Waals surface area contributed by atoms with E-state index >= 15 is 0 Å². The maximum Gasteiger partial charge on any atom is 0.221 e. The summed E-state index contributed by atoms with van der Waals surface area (Å²) in [5.74, 6) is 0.0199. The number of nitrogens with one attached hydrogen (secondary N) is 2. The Hall–Kier alpha value is -2.68. The number of aryl methyl sites for hydroxylation is 1. The van der Waals surface area contributed by atoms with Gasteiger partial charge in [0.2, 0.25) is 11.8 Å². The molecule has 1 aromatic rings. The zero-order valence-electron chi connectivity index (χ0n) is 20.3. The molecule has 2 N–H and O–H groups in total. The number of hydrogen-bond donors (Lipinski definition) is 2. The lowest BCUT2D eigenvalue weighted by Gasteiger charge is -2.07. The van der Waals surface area contributed by atoms with Gasteiger partial charge in [-0.25, -0.2) is 0 Å². The van der Waals surface area contributed by atoms with Crippen molar-refractivity contribution in [3.8, 4) is 0 Å². The van der Waals surface area contributed by atoms with Gasteiger partial charge in [0.15, 0.2) is 0 Å². The van der Waals surface area contributed by atoms with Gasteiger partial charge in [-0.3, -0.25) is 10.8 Å². The van der Waals surface area contributed by atoms with E-state index in [0.29, 0.717) is 5.56 Å². The van der Waals surface area contributed by atoms with Crippen LogP contribution in [0.3, 0.4) is 0 Å². The maximum absolute atomic E-state index is 8.01. The monoisotopic (exact) mass is 420 g/mol. The predicted molar refractivity (Wildman–Crippen MR) is 135 cm³/mol. The first-order valence-corrected chi connectivity index (χ1v) is 11.2. The third-order valence-electron chi connectivity index (χ3n) is 5.06. The third-order valence-corrected chi connectivity index (χ3v) is 5.06. The summed E-state index contributed by atoms with van der Waals surface area (Å²) in [4.78, 5) is 0. The van der Waals surface area contributed by atoms with E-state index in [2.05, 4.69) is 45.9 Å². The molecule has 3 nitrogen and oxygen atoms in total. The Morgan fingerprint density at radius 1 is 0.742 bits per heavy atom. The smallest absolute Gasteiger partial charge is 0.221 e. The van der Waals surface area contributed by atoms with Gasteiger partial charge in [-0.1, -0.05) is 58.2 Å². The van der Waals surface area contributed by atoms with Crippen molar-refractivity contribution < 1.29 is 4.74 Å². The summed E-state index contributed by atoms with van der Waals surface area (Å²) in [6, 6.07) is 7.56. The van der Waals surface area contributed by atoms with Crippen molar-refractivity contribution >= 4 is 11.8 Å². The fourth-order valence-corrected chi connectivity index (χ4v) is 3.08. The first kappa shape index (κ1) is 26.4. The molecular weight excluding hydrogens is 380 g/mol. The van der Waals surface area contributed by atoms with Crippen molar-refractivity contribution in [2.24, 2.45) is 0 Å². The van der Waals surface area contributed by atoms with Crippen LogP contribution in [-0.2, 0) is 4.74 Å². The quantitative estimate of drug-likeness (QED) is 0.210. The summed E-state index contributed by atoms with van der Waals surface area (Å²) < 4.78 is 5.36. The molecule has 0 bridgehead atoms. The minimum absolute atomic E-state index is 0.00832. The Kier molecular flexibility index (Phi) is 12.2. The topological polar surface area (TPSA) is 56.9 Å². The molecule has 0 amide bonds. The Bertz CT molecular complexity index is 848. The van der Waals surface area contributed by atoms with Gasteiger partial charge in [0, 0.05) is 5.56 Å². The highest BCUT2D eigenvalue weighted by atomic mass is 16.5. The number of hydrogen-bond acceptors (Lipinski definition) is 3. The van der Waals surface area contributed by atoms with Crippen LogP contribution in [-0.4, -0.2) is 11.8 Å². The zero-order chi connectivity index (χ0) is 23.2. The highest BCUT2D eigenvalue weighted by Gasteiger charge is 2.05. The Morgan fingerprint density at radius 2 is 1.23 bits per heavy atom. The molecule has 0 aromatic heterocycles. The molecule has 0 spiro atoms. The molecule has 0 radical (unpaired) electrons. The largest absolute Gasteiger partial charge is 0.421 e. The fraction of sp³-hybridized carbons (Fsp3) is 0.429. The van der Waals surface area contributed by atoms with Crippen LogP contribution in [0.1, 0.15) is 84.3 Å². The Labute approximate surface area is 189 Å². The summed E-state index contributed by atoms with van der Waals surface area (Å²) in [6.45, 7) is 12.7. The van der Waals surface area contributed by atoms with E-state index in [-0.39, 0.29) is 11.8 Å². The van der Waals surface area contributed by atoms with Gasteiger partial charge in [-0.2, -0.15) is 0 Å². The number of ether oxygens (including phenoxy) is 1. The maximum atomic E-state index is 8.01. The summed E-state index contributed by atoms with van der Waals surface area (Å²) in [5, 5.41) is 16.0. The van der Waals surface area contributed by atoms with Crippen molar-refractivity contribution in [2.45, 2.75) is 80.1 Å². The van der Waals surface area contributed by atoms with Gasteiger partial charge >= 0.3 is 0 Å². The van der Waals surface area contributed by atoms with Gasteiger partial charge in [0.05, 0.1) is 0 Å². The van der Waals surface area contributed by atoms with E-state index in [1.807, 2.05) is 38.1 Å². The van der Waals surface area contributed by atoms with E-state index in [9.17, 15) is 0 Å². The third kappa shape index (κ3) is 12.6. The molecule has 0 aliphatic carbocycles. The first-order valence-electron chi connectivity index (χ1n) is 11.2. The molecule has 0 fully saturated rings. The summed E-state index contributed by atoms with van der Waals surface area (Å²) in [6.07, 6.45) is 15.0. The molecule has 168 valence electrons. The summed E-state index contributed by atoms with van der Waals surface area (Å²) >= 11 is 0. The first-order chi connectivity index (χ1) is 14.7. The van der Waals surface area contributed by atoms with Crippen LogP contribution < -0.4 is 0 Å². The molecular formula is C28H40N2O. The van der Waals surface area contributed by atoms with E-state index < -0.39 is 0 Å². The van der Waals surface area contributed by atoms with E-state index in [1.165, 1.54) is 16.7 Å². The molecule has 0 saturated heterocycles. The standard InChI is InChI=1S/C28H40N2O/c1-21(2)10-7-11-22(3)12-8-13-23(4)14-9-15-25(6)20-27(29)31-28(30)26-18-16-24(5)17-19-26/h10,12,14,16-20,29-30H,7-9,11,13,15H2,1-6H3/b22-12+,23-14+,25-20+,29-27?,30-28?. The van der Waals surface area contributed by atoms with Gasteiger partial charge in [0.25, 0.3) is 0 Å². The van der Waals surface area contributed by atoms with E-state index in [0.717, 1.165) is 49.7 Å². The molecule has 0 saturated carbocycles. The highest BCUT2D eigenvalue weighted by Crippen LogP contribution is 2.14. The van der Waals surface area contributed by atoms with Crippen LogP contribution >= 0.6 is 0 Å². The van der Waals surface area contributed by atoms with Gasteiger partial charge < -0.3 is 4.74 Å². The zero-order valence-corrected chi connectivity index (χ0v) is 20.3. The lowest BCUT2D eigenvalue weighted by molar-refractivity contribution is 0.540. The van der Waals surface area contributed by atoms with E-state index in [4.69, 9.17) is 15.6 Å². The van der Waals surface area contributed by atoms with Crippen LogP contribution in [0.4, 0.5) is 0 Å². The molecule has 3 heteroatoms. The molecule has 1 aromatic carbocycles. The van der Waals surface area contributed by atoms with Crippen LogP contribution in [0.25, 0.3) is 0 Å². The van der Waals surface area contributed by atoms with Crippen LogP contribution in [0, 0.1) is 17.7 Å². The minimum Gasteiger partial charge on any atom is -0.421 e. The number of allylic oxidation sites excluding steroid dienone is 7. The van der Waals surface area contributed by atoms with Crippen molar-refractivity contribution in [3.05, 3.63) is 82.0 Å². The van der Waals surface area contributed by atoms with Gasteiger partial charge in [0.1, 0.15) is 0 Å². The Morgan fingerprint density at radius 3 is 1.74 bits per heavy atom. The van der Waals surface area contributed by atoms with Crippen molar-refractivity contribution in [2.75, 3.05) is 0 Å². The van der Waals surface area contributed by atoms with Crippen LogP contribution in [0.5, 0.6) is 0 Å². The predicted octanol–water partition coefficient (Wildman–Crippen LogP) is 8.46. The normalized spacial score (nSPS) is 12.5. The molecule has 1 rings (SSSR count). The molecule has 0 aliphatic heterocycles. The molecule has 0 heterocycles. The number of rotatable bonds is 11. The fourth-order valence-electron chi connectivity index (χ4n) is 3.08. The van der Waals surface area contributed by atoms with Crippen molar-refractivity contribution in [3.63, 3.8) is 0 Å². The SMILES string of the molecule is CC(C)=CCC/C(C)=C/CC/C(C)=C/CC/C(C)=C/C(=N)OC(=N)c1ccc(C)cc1. The molecule has 0 aliphatic rings. The van der Waals surface area contributed by atoms with Gasteiger partial charge in [-0.05, 0) is 98.3 Å². The average Bonchev–Trinajstić information content (AvgIpc) is 2.68. The second-order valence-corrected chi connectivity index (χ2v) is 8.65. The van der Waals surface area contributed by atoms with Crippen LogP contribution in [0.2, 0.25) is 0 Å². The summed E-state index contributed by atoms with van der Waals surface area (Å²) in [7, 11) is 0. The highest BCUT2D eigenvalue weighted by molar-refractivity contribution is 6.02. The molecule has 0 unspecified atom stereocenters. The summed E-state index contributed by atoms with van der Waals surface area (Å²) in [5.41, 5.74) is 7.17. The molecule has 31 heavy (non-hydrogen) atoms. The minimum atomic E-state index is 0.00832. The molecule has 0 atom stereocenters. The van der Waals surface area contributed by atoms with Crippen molar-refractivity contribution in [1.82, 2.24) is 0 Å². The van der Waals surface area contributed by atoms with E-state index in [1.54, 1.807) is 6.08 Å². The number of benzene rings is 1.